The first-order chi connectivity index (χ1) is 4.81. The highest BCUT2D eigenvalue weighted by molar-refractivity contribution is 7.26. The van der Waals surface area contributed by atoms with E-state index < -0.39 is 15.1 Å². The van der Waals surface area contributed by atoms with Gasteiger partial charge in [-0.2, -0.15) is 4.67 Å². The third kappa shape index (κ3) is 6.64. The average molecular weight is 191 g/mol. The Hall–Kier alpha value is 0.520. The summed E-state index contributed by atoms with van der Waals surface area (Å²) in [5, 5.41) is 19.6. The van der Waals surface area contributed by atoms with Crippen molar-refractivity contribution in [3.63, 3.8) is 0 Å². The van der Waals surface area contributed by atoms with E-state index in [1.165, 1.54) is 0 Å². The standard InChI is InChI=1S/C3H8ClO5P/c4-1-3(5)2-7-10-9-8-6/h3,5-6,10H,1-2H2. The molecule has 0 aliphatic carbocycles. The highest BCUT2D eigenvalue weighted by atomic mass is 35.5. The van der Waals surface area contributed by atoms with Crippen LogP contribution in [0.3, 0.4) is 0 Å². The molecule has 0 aromatic carbocycles. The van der Waals surface area contributed by atoms with Crippen molar-refractivity contribution in [3.05, 3.63) is 0 Å². The number of alkyl halides is 1. The van der Waals surface area contributed by atoms with E-state index in [-0.39, 0.29) is 12.5 Å². The summed E-state index contributed by atoms with van der Waals surface area (Å²) in [5.74, 6) is 0.102. The second-order valence-corrected chi connectivity index (χ2v) is 2.29. The maximum atomic E-state index is 8.75. The lowest BCUT2D eigenvalue weighted by Gasteiger charge is -2.04. The van der Waals surface area contributed by atoms with Crippen LogP contribution in [0.4, 0.5) is 0 Å². The molecule has 0 spiro atoms. The van der Waals surface area contributed by atoms with Gasteiger partial charge in [0.25, 0.3) is 0 Å². The first-order valence-corrected chi connectivity index (χ1v) is 3.74. The minimum atomic E-state index is -0.712. The zero-order valence-corrected chi connectivity index (χ0v) is 6.74. The maximum Gasteiger partial charge on any atom is 0.198 e. The molecule has 2 N–H and O–H groups in total. The predicted octanol–water partition coefficient (Wildman–Crippen LogP) is 0.532. The van der Waals surface area contributed by atoms with Gasteiger partial charge in [0, 0.05) is 0 Å². The number of aliphatic hydroxyl groups excluding tert-OH is 1. The molecule has 0 aliphatic heterocycles. The number of halogens is 1. The molecule has 7 heteroatoms. The minimum Gasteiger partial charge on any atom is -0.389 e. The SMILES string of the molecule is OOOPOCC(O)CCl. The van der Waals surface area contributed by atoms with Gasteiger partial charge in [0.15, 0.2) is 9.03 Å². The van der Waals surface area contributed by atoms with Crippen LogP contribution in [0.5, 0.6) is 0 Å². The van der Waals surface area contributed by atoms with E-state index in [9.17, 15) is 0 Å². The average Bonchev–Trinajstić information content (AvgIpc) is 1.98. The lowest BCUT2D eigenvalue weighted by atomic mass is 10.4. The van der Waals surface area contributed by atoms with Crippen LogP contribution >= 0.6 is 20.6 Å². The summed E-state index contributed by atoms with van der Waals surface area (Å²) in [6, 6.07) is 0. The number of hydrogen-bond donors (Lipinski definition) is 2. The van der Waals surface area contributed by atoms with Crippen molar-refractivity contribution >= 4 is 20.6 Å². The lowest BCUT2D eigenvalue weighted by Crippen LogP contribution is -2.14. The number of hydrogen-bond acceptors (Lipinski definition) is 5. The summed E-state index contributed by atoms with van der Waals surface area (Å²) in [6.07, 6.45) is -0.712. The van der Waals surface area contributed by atoms with E-state index in [1.807, 2.05) is 0 Å². The van der Waals surface area contributed by atoms with Gasteiger partial charge in [0.2, 0.25) is 0 Å². The molecule has 0 aromatic heterocycles. The Morgan fingerprint density at radius 3 is 2.80 bits per heavy atom. The van der Waals surface area contributed by atoms with E-state index in [4.69, 9.17) is 22.0 Å². The molecular weight excluding hydrogens is 182 g/mol. The van der Waals surface area contributed by atoms with Crippen molar-refractivity contribution in [2.45, 2.75) is 6.10 Å². The molecule has 0 saturated carbocycles. The predicted molar refractivity (Wildman–Crippen MR) is 35.8 cm³/mol. The van der Waals surface area contributed by atoms with Crippen LogP contribution in [0.1, 0.15) is 0 Å². The molecule has 0 bridgehead atoms. The normalized spacial score (nSPS) is 14.7. The molecule has 0 radical (unpaired) electrons. The first-order valence-electron chi connectivity index (χ1n) is 2.39. The highest BCUT2D eigenvalue weighted by Gasteiger charge is 2.00. The Morgan fingerprint density at radius 1 is 1.60 bits per heavy atom. The van der Waals surface area contributed by atoms with Crippen LogP contribution in [-0.4, -0.2) is 29.0 Å². The molecule has 10 heavy (non-hydrogen) atoms. The van der Waals surface area contributed by atoms with E-state index in [0.29, 0.717) is 0 Å². The van der Waals surface area contributed by atoms with Gasteiger partial charge in [-0.1, -0.05) is 5.04 Å². The Balaban J connectivity index is 2.89. The smallest absolute Gasteiger partial charge is 0.198 e. The summed E-state index contributed by atoms with van der Waals surface area (Å²) in [6.45, 7) is 0.0608. The highest BCUT2D eigenvalue weighted by Crippen LogP contribution is 2.13. The topological polar surface area (TPSA) is 68.2 Å². The van der Waals surface area contributed by atoms with Crippen molar-refractivity contribution in [2.24, 2.45) is 0 Å². The third-order valence-electron chi connectivity index (χ3n) is 0.584. The summed E-state index contributed by atoms with van der Waals surface area (Å²) in [7, 11) is -0.463. The van der Waals surface area contributed by atoms with E-state index >= 15 is 0 Å². The van der Waals surface area contributed by atoms with Crippen molar-refractivity contribution in [3.8, 4) is 0 Å². The van der Waals surface area contributed by atoms with Crippen LogP contribution < -0.4 is 0 Å². The largest absolute Gasteiger partial charge is 0.389 e. The molecule has 0 aliphatic rings. The zero-order valence-electron chi connectivity index (χ0n) is 4.99. The Kier molecular flexibility index (Phi) is 8.02. The maximum absolute atomic E-state index is 8.75. The summed E-state index contributed by atoms with van der Waals surface area (Å²) < 4.78 is 8.55. The molecular formula is C3H8ClO5P. The Morgan fingerprint density at radius 2 is 2.30 bits per heavy atom. The van der Waals surface area contributed by atoms with Crippen LogP contribution in [-0.2, 0) is 14.2 Å². The van der Waals surface area contributed by atoms with Gasteiger partial charge in [0.1, 0.15) is 0 Å². The fraction of sp³-hybridized carbons (Fsp3) is 1.00. The van der Waals surface area contributed by atoms with Crippen molar-refractivity contribution in [1.29, 1.82) is 0 Å². The molecule has 0 heterocycles. The van der Waals surface area contributed by atoms with Gasteiger partial charge < -0.3 is 9.63 Å². The molecule has 2 atom stereocenters. The zero-order chi connectivity index (χ0) is 7.82. The molecule has 0 rings (SSSR count). The molecule has 0 saturated heterocycles. The molecule has 0 fully saturated rings. The van der Waals surface area contributed by atoms with Crippen LogP contribution in [0, 0.1) is 0 Å². The van der Waals surface area contributed by atoms with Gasteiger partial charge in [-0.3, -0.25) is 0 Å². The summed E-state index contributed by atoms with van der Waals surface area (Å²) in [5.41, 5.74) is 0. The van der Waals surface area contributed by atoms with Crippen molar-refractivity contribution in [2.75, 3.05) is 12.5 Å². The van der Waals surface area contributed by atoms with E-state index in [2.05, 4.69) is 14.2 Å². The van der Waals surface area contributed by atoms with Crippen LogP contribution in [0.15, 0.2) is 0 Å². The monoisotopic (exact) mass is 190 g/mol. The Bertz CT molecular complexity index is 73.9. The fourth-order valence-electron chi connectivity index (χ4n) is 0.214. The summed E-state index contributed by atoms with van der Waals surface area (Å²) >= 11 is 5.22. The van der Waals surface area contributed by atoms with Crippen LogP contribution in [0.2, 0.25) is 0 Å². The minimum absolute atomic E-state index is 0.0608. The quantitative estimate of drug-likeness (QED) is 0.210. The molecule has 2 unspecified atom stereocenters. The van der Waals surface area contributed by atoms with Gasteiger partial charge in [-0.25, -0.2) is 5.26 Å². The molecule has 0 aromatic rings. The van der Waals surface area contributed by atoms with Gasteiger partial charge in [0.05, 0.1) is 18.6 Å². The second-order valence-electron chi connectivity index (χ2n) is 1.36. The van der Waals surface area contributed by atoms with Crippen molar-refractivity contribution < 1.29 is 24.6 Å². The molecule has 0 amide bonds. The number of rotatable bonds is 6. The van der Waals surface area contributed by atoms with E-state index in [0.717, 1.165) is 0 Å². The number of aliphatic hydroxyl groups is 1. The first kappa shape index (κ1) is 10.5. The lowest BCUT2D eigenvalue weighted by molar-refractivity contribution is -0.437. The van der Waals surface area contributed by atoms with Crippen molar-refractivity contribution in [1.82, 2.24) is 0 Å². The fourth-order valence-corrected chi connectivity index (χ4v) is 0.642. The molecule has 62 valence electrons. The van der Waals surface area contributed by atoms with Gasteiger partial charge >= 0.3 is 0 Å². The van der Waals surface area contributed by atoms with Crippen LogP contribution in [0.25, 0.3) is 0 Å². The molecule has 5 nitrogen and oxygen atoms in total. The van der Waals surface area contributed by atoms with Gasteiger partial charge in [-0.05, 0) is 0 Å². The van der Waals surface area contributed by atoms with Gasteiger partial charge in [-0.15, -0.1) is 11.6 Å². The Labute approximate surface area is 64.6 Å². The summed E-state index contributed by atoms with van der Waals surface area (Å²) in [4.78, 5) is 0. The second kappa shape index (κ2) is 7.63. The third-order valence-corrected chi connectivity index (χ3v) is 1.37. The van der Waals surface area contributed by atoms with E-state index in [1.54, 1.807) is 0 Å².